The molecule has 1 aliphatic rings. The Labute approximate surface area is 220 Å². The molecule has 1 heterocycles. The standard InChI is InChI=1S/C26H21BrN2O6S/c1-33-19-9-7-18(8-10-19)28-26-29-24(30)22(36-26)13-16-11-20(27)23(21(12-16)34-2)35-14-15-3-5-17(6-4-15)25(31)32/h3-13H,14H2,1-2H3,(H,31,32)(H,28,29,30)/b22-13+. The molecule has 3 aromatic carbocycles. The third-order valence-electron chi connectivity index (χ3n) is 5.09. The summed E-state index contributed by atoms with van der Waals surface area (Å²) in [5.74, 6) is 0.476. The Kier molecular flexibility index (Phi) is 7.97. The Morgan fingerprint density at radius 2 is 1.81 bits per heavy atom. The van der Waals surface area contributed by atoms with Gasteiger partial charge in [-0.2, -0.15) is 0 Å². The highest BCUT2D eigenvalue weighted by atomic mass is 79.9. The fraction of sp³-hybridized carbons (Fsp3) is 0.115. The van der Waals surface area contributed by atoms with Crippen LogP contribution in [0.15, 0.2) is 75.0 Å². The van der Waals surface area contributed by atoms with Crippen LogP contribution in [0.3, 0.4) is 0 Å². The fourth-order valence-electron chi connectivity index (χ4n) is 3.27. The normalized spacial score (nSPS) is 15.1. The van der Waals surface area contributed by atoms with Crippen LogP contribution in [0.1, 0.15) is 21.5 Å². The number of carboxylic acid groups (broad SMARTS) is 1. The molecule has 0 spiro atoms. The summed E-state index contributed by atoms with van der Waals surface area (Å²) in [6, 6.07) is 17.3. The van der Waals surface area contributed by atoms with Gasteiger partial charge in [0.25, 0.3) is 5.91 Å². The smallest absolute Gasteiger partial charge is 0.335 e. The van der Waals surface area contributed by atoms with Gasteiger partial charge in [0, 0.05) is 0 Å². The number of amides is 1. The van der Waals surface area contributed by atoms with E-state index < -0.39 is 5.97 Å². The van der Waals surface area contributed by atoms with Crippen molar-refractivity contribution in [1.82, 2.24) is 5.32 Å². The number of carbonyl (C=O) groups is 2. The van der Waals surface area contributed by atoms with Crippen molar-refractivity contribution in [2.75, 3.05) is 14.2 Å². The van der Waals surface area contributed by atoms with Crippen molar-refractivity contribution in [1.29, 1.82) is 0 Å². The lowest BCUT2D eigenvalue weighted by Crippen LogP contribution is -2.19. The number of methoxy groups -OCH3 is 2. The number of carbonyl (C=O) groups excluding carboxylic acids is 1. The lowest BCUT2D eigenvalue weighted by atomic mass is 10.1. The topological polar surface area (TPSA) is 106 Å². The van der Waals surface area contributed by atoms with E-state index in [0.29, 0.717) is 31.7 Å². The number of ether oxygens (including phenoxy) is 3. The molecule has 0 atom stereocenters. The molecule has 0 aliphatic carbocycles. The second-order valence-electron chi connectivity index (χ2n) is 7.50. The molecular formula is C26H21BrN2O6S. The van der Waals surface area contributed by atoms with Crippen LogP contribution in [0.5, 0.6) is 17.2 Å². The maximum absolute atomic E-state index is 12.5. The van der Waals surface area contributed by atoms with Gasteiger partial charge in [-0.05, 0) is 93.4 Å². The Morgan fingerprint density at radius 3 is 2.44 bits per heavy atom. The number of aromatic carboxylic acids is 1. The minimum absolute atomic E-state index is 0.209. The van der Waals surface area contributed by atoms with E-state index in [2.05, 4.69) is 26.2 Å². The van der Waals surface area contributed by atoms with Crippen LogP contribution in [-0.2, 0) is 11.4 Å². The molecule has 36 heavy (non-hydrogen) atoms. The SMILES string of the molecule is COc1ccc(N=C2NC(=O)/C(=C\c3cc(Br)c(OCc4ccc(C(=O)O)cc4)c(OC)c3)S2)cc1. The predicted molar refractivity (Wildman–Crippen MR) is 142 cm³/mol. The predicted octanol–water partition coefficient (Wildman–Crippen LogP) is 5.64. The summed E-state index contributed by atoms with van der Waals surface area (Å²) in [6.07, 6.45) is 1.75. The van der Waals surface area contributed by atoms with Gasteiger partial charge in [-0.15, -0.1) is 0 Å². The highest BCUT2D eigenvalue weighted by Gasteiger charge is 2.24. The number of amidine groups is 1. The number of hydrogen-bond donors (Lipinski definition) is 2. The van der Waals surface area contributed by atoms with Crippen LogP contribution >= 0.6 is 27.7 Å². The van der Waals surface area contributed by atoms with Crippen LogP contribution in [-0.4, -0.2) is 36.4 Å². The molecule has 2 N–H and O–H groups in total. The number of thioether (sulfide) groups is 1. The van der Waals surface area contributed by atoms with Crippen LogP contribution in [0.25, 0.3) is 6.08 Å². The molecule has 1 amide bonds. The number of nitrogens with one attached hydrogen (secondary N) is 1. The summed E-state index contributed by atoms with van der Waals surface area (Å²) < 4.78 is 17.2. The summed E-state index contributed by atoms with van der Waals surface area (Å²) in [7, 11) is 3.13. The summed E-state index contributed by atoms with van der Waals surface area (Å²) in [4.78, 5) is 28.5. The first kappa shape index (κ1) is 25.3. The van der Waals surface area contributed by atoms with Crippen molar-refractivity contribution in [3.63, 3.8) is 0 Å². The van der Waals surface area contributed by atoms with E-state index in [1.165, 1.54) is 31.0 Å². The largest absolute Gasteiger partial charge is 0.497 e. The van der Waals surface area contributed by atoms with E-state index >= 15 is 0 Å². The number of rotatable bonds is 8. The number of aliphatic imine (C=N–C) groups is 1. The minimum atomic E-state index is -0.982. The monoisotopic (exact) mass is 568 g/mol. The molecule has 0 radical (unpaired) electrons. The molecule has 3 aromatic rings. The average Bonchev–Trinajstić information content (AvgIpc) is 3.21. The van der Waals surface area contributed by atoms with Crippen molar-refractivity contribution in [3.8, 4) is 17.2 Å². The Morgan fingerprint density at radius 1 is 1.08 bits per heavy atom. The van der Waals surface area contributed by atoms with Gasteiger partial charge in [0.05, 0.1) is 34.8 Å². The molecular weight excluding hydrogens is 548 g/mol. The lowest BCUT2D eigenvalue weighted by Gasteiger charge is -2.14. The molecule has 1 fully saturated rings. The van der Waals surface area contributed by atoms with Crippen molar-refractivity contribution < 1.29 is 28.9 Å². The third-order valence-corrected chi connectivity index (χ3v) is 6.59. The number of nitrogens with zero attached hydrogens (tertiary/aromatic N) is 1. The summed E-state index contributed by atoms with van der Waals surface area (Å²) in [5.41, 5.74) is 2.45. The van der Waals surface area contributed by atoms with E-state index in [0.717, 1.165) is 16.9 Å². The third kappa shape index (κ3) is 6.07. The molecule has 10 heteroatoms. The van der Waals surface area contributed by atoms with Crippen LogP contribution in [0, 0.1) is 0 Å². The van der Waals surface area contributed by atoms with E-state index in [1.54, 1.807) is 43.5 Å². The summed E-state index contributed by atoms with van der Waals surface area (Å²) >= 11 is 4.76. The van der Waals surface area contributed by atoms with Crippen molar-refractivity contribution in [3.05, 3.63) is 86.7 Å². The molecule has 1 saturated heterocycles. The van der Waals surface area contributed by atoms with E-state index in [4.69, 9.17) is 19.3 Å². The highest BCUT2D eigenvalue weighted by molar-refractivity contribution is 9.10. The van der Waals surface area contributed by atoms with Crippen molar-refractivity contribution in [2.45, 2.75) is 6.61 Å². The van der Waals surface area contributed by atoms with E-state index in [1.807, 2.05) is 18.2 Å². The molecule has 4 rings (SSSR count). The Hall–Kier alpha value is -3.76. The van der Waals surface area contributed by atoms with E-state index in [9.17, 15) is 9.59 Å². The minimum Gasteiger partial charge on any atom is -0.497 e. The maximum atomic E-state index is 12.5. The number of hydrogen-bond acceptors (Lipinski definition) is 7. The molecule has 0 bridgehead atoms. The number of halogens is 1. The van der Waals surface area contributed by atoms with Crippen molar-refractivity contribution >= 4 is 56.5 Å². The van der Waals surface area contributed by atoms with Gasteiger partial charge >= 0.3 is 5.97 Å². The quantitative estimate of drug-likeness (QED) is 0.339. The second kappa shape index (κ2) is 11.3. The van der Waals surface area contributed by atoms with Crippen molar-refractivity contribution in [2.24, 2.45) is 4.99 Å². The molecule has 8 nitrogen and oxygen atoms in total. The fourth-order valence-corrected chi connectivity index (χ4v) is 4.68. The van der Waals surface area contributed by atoms with Gasteiger partial charge in [0.2, 0.25) is 0 Å². The molecule has 0 saturated carbocycles. The highest BCUT2D eigenvalue weighted by Crippen LogP contribution is 2.39. The zero-order valence-corrected chi connectivity index (χ0v) is 21.7. The van der Waals surface area contributed by atoms with Gasteiger partial charge < -0.3 is 24.6 Å². The summed E-state index contributed by atoms with van der Waals surface area (Å²) in [6.45, 7) is 0.221. The summed E-state index contributed by atoms with van der Waals surface area (Å²) in [5, 5.41) is 12.3. The molecule has 184 valence electrons. The van der Waals surface area contributed by atoms with Gasteiger partial charge in [-0.25, -0.2) is 9.79 Å². The van der Waals surface area contributed by atoms with Crippen LogP contribution in [0.2, 0.25) is 0 Å². The van der Waals surface area contributed by atoms with Crippen LogP contribution in [0.4, 0.5) is 5.69 Å². The van der Waals surface area contributed by atoms with Gasteiger partial charge in [0.1, 0.15) is 12.4 Å². The zero-order chi connectivity index (χ0) is 25.7. The van der Waals surface area contributed by atoms with Gasteiger partial charge in [-0.3, -0.25) is 4.79 Å². The maximum Gasteiger partial charge on any atom is 0.335 e. The lowest BCUT2D eigenvalue weighted by molar-refractivity contribution is -0.115. The van der Waals surface area contributed by atoms with Gasteiger partial charge in [-0.1, -0.05) is 12.1 Å². The Bertz CT molecular complexity index is 1350. The van der Waals surface area contributed by atoms with E-state index in [-0.39, 0.29) is 18.1 Å². The second-order valence-corrected chi connectivity index (χ2v) is 9.39. The molecule has 0 aromatic heterocycles. The first-order chi connectivity index (χ1) is 17.4. The number of benzene rings is 3. The van der Waals surface area contributed by atoms with Gasteiger partial charge in [0.15, 0.2) is 16.7 Å². The first-order valence-corrected chi connectivity index (χ1v) is 12.2. The first-order valence-electron chi connectivity index (χ1n) is 10.6. The van der Waals surface area contributed by atoms with Crippen LogP contribution < -0.4 is 19.5 Å². The molecule has 0 unspecified atom stereocenters. The zero-order valence-electron chi connectivity index (χ0n) is 19.3. The number of carboxylic acids is 1. The Balaban J connectivity index is 1.49. The average molecular weight is 569 g/mol. The molecule has 1 aliphatic heterocycles.